The van der Waals surface area contributed by atoms with Crippen LogP contribution in [0.2, 0.25) is 0 Å². The molecule has 1 saturated heterocycles. The average Bonchev–Trinajstić information content (AvgIpc) is 2.75. The van der Waals surface area contributed by atoms with Crippen molar-refractivity contribution in [2.24, 2.45) is 0 Å². The Morgan fingerprint density at radius 1 is 1.65 bits per heavy atom. The minimum Gasteiger partial charge on any atom is -0.343 e. The van der Waals surface area contributed by atoms with E-state index in [9.17, 15) is 0 Å². The normalized spacial score (nSPS) is 22.2. The Morgan fingerprint density at radius 2 is 2.47 bits per heavy atom. The van der Waals surface area contributed by atoms with Crippen molar-refractivity contribution >= 4 is 11.8 Å². The molecule has 5 heteroatoms. The average molecular weight is 254 g/mol. The number of nitrogens with zero attached hydrogens (tertiary/aromatic N) is 2. The summed E-state index contributed by atoms with van der Waals surface area (Å²) in [6.07, 6.45) is 1.96. The lowest BCUT2D eigenvalue weighted by molar-refractivity contribution is 0.265. The van der Waals surface area contributed by atoms with Crippen molar-refractivity contribution < 1.29 is 0 Å². The van der Waals surface area contributed by atoms with E-state index in [0.717, 1.165) is 24.7 Å². The van der Waals surface area contributed by atoms with Gasteiger partial charge in [0.1, 0.15) is 5.82 Å². The number of nitrogens with one attached hydrogen (secondary N) is 2. The smallest absolute Gasteiger partial charge is 0.124 e. The third-order valence-corrected chi connectivity index (χ3v) is 4.08. The highest BCUT2D eigenvalue weighted by Crippen LogP contribution is 2.26. The summed E-state index contributed by atoms with van der Waals surface area (Å²) in [5.74, 6) is 3.48. The van der Waals surface area contributed by atoms with Crippen LogP contribution in [0, 0.1) is 0 Å². The van der Waals surface area contributed by atoms with Crippen molar-refractivity contribution in [3.8, 4) is 0 Å². The number of hydrogen-bond acceptors (Lipinski definition) is 4. The van der Waals surface area contributed by atoms with Gasteiger partial charge in [-0.1, -0.05) is 13.8 Å². The highest BCUT2D eigenvalue weighted by Gasteiger charge is 2.23. The third kappa shape index (κ3) is 3.47. The summed E-state index contributed by atoms with van der Waals surface area (Å²) in [5, 5.41) is 3.40. The molecule has 1 unspecified atom stereocenters. The van der Waals surface area contributed by atoms with Crippen LogP contribution in [0.1, 0.15) is 31.4 Å². The van der Waals surface area contributed by atoms with Gasteiger partial charge in [0, 0.05) is 42.5 Å². The van der Waals surface area contributed by atoms with Crippen LogP contribution in [0.3, 0.4) is 0 Å². The molecule has 1 aliphatic rings. The first-order valence-corrected chi connectivity index (χ1v) is 7.37. The Bertz CT molecular complexity index is 350. The van der Waals surface area contributed by atoms with Crippen molar-refractivity contribution in [1.82, 2.24) is 20.2 Å². The summed E-state index contributed by atoms with van der Waals surface area (Å²) in [6.45, 7) is 6.33. The summed E-state index contributed by atoms with van der Waals surface area (Å²) in [7, 11) is 2.18. The molecular weight excluding hydrogens is 232 g/mol. The minimum absolute atomic E-state index is 0.446. The standard InChI is InChI=1S/C12H22N4S/c1-9(2)13-6-10-7-14-12(15-10)11-8-17-5-4-16(11)3/h7,9,11,13H,4-6,8H2,1-3H3,(H,14,15). The summed E-state index contributed by atoms with van der Waals surface area (Å²) in [5.41, 5.74) is 1.18. The first-order valence-electron chi connectivity index (χ1n) is 6.22. The predicted octanol–water partition coefficient (Wildman–Crippen LogP) is 1.63. The first kappa shape index (κ1) is 12.9. The molecule has 1 aromatic rings. The molecule has 2 heterocycles. The summed E-state index contributed by atoms with van der Waals surface area (Å²) in [6, 6.07) is 0.955. The quantitative estimate of drug-likeness (QED) is 0.857. The molecule has 1 atom stereocenters. The van der Waals surface area contributed by atoms with E-state index in [2.05, 4.69) is 41.1 Å². The van der Waals surface area contributed by atoms with Crippen molar-refractivity contribution in [3.63, 3.8) is 0 Å². The van der Waals surface area contributed by atoms with E-state index in [1.807, 2.05) is 18.0 Å². The zero-order valence-electron chi connectivity index (χ0n) is 10.9. The second-order valence-electron chi connectivity index (χ2n) is 4.90. The van der Waals surface area contributed by atoms with Gasteiger partial charge in [0.15, 0.2) is 0 Å². The van der Waals surface area contributed by atoms with Crippen molar-refractivity contribution in [3.05, 3.63) is 17.7 Å². The highest BCUT2D eigenvalue weighted by molar-refractivity contribution is 7.99. The third-order valence-electron chi connectivity index (χ3n) is 3.06. The number of rotatable bonds is 4. The summed E-state index contributed by atoms with van der Waals surface area (Å²) in [4.78, 5) is 10.3. The molecular formula is C12H22N4S. The Kier molecular flexibility index (Phi) is 4.48. The molecule has 0 saturated carbocycles. The molecule has 96 valence electrons. The van der Waals surface area contributed by atoms with Gasteiger partial charge >= 0.3 is 0 Å². The molecule has 0 aromatic carbocycles. The van der Waals surface area contributed by atoms with Gasteiger partial charge in [0.05, 0.1) is 6.04 Å². The fourth-order valence-electron chi connectivity index (χ4n) is 1.92. The first-order chi connectivity index (χ1) is 8.16. The lowest BCUT2D eigenvalue weighted by atomic mass is 10.3. The molecule has 1 aliphatic heterocycles. The number of hydrogen-bond donors (Lipinski definition) is 2. The van der Waals surface area contributed by atoms with Crippen molar-refractivity contribution in [2.45, 2.75) is 32.5 Å². The van der Waals surface area contributed by atoms with E-state index in [1.54, 1.807) is 0 Å². The van der Waals surface area contributed by atoms with Crippen LogP contribution in [0.4, 0.5) is 0 Å². The van der Waals surface area contributed by atoms with Gasteiger partial charge in [-0.05, 0) is 7.05 Å². The van der Waals surface area contributed by atoms with E-state index in [4.69, 9.17) is 0 Å². The van der Waals surface area contributed by atoms with Gasteiger partial charge in [-0.3, -0.25) is 4.90 Å². The fourth-order valence-corrected chi connectivity index (χ4v) is 3.14. The van der Waals surface area contributed by atoms with Gasteiger partial charge in [-0.25, -0.2) is 4.98 Å². The Morgan fingerprint density at radius 3 is 3.18 bits per heavy atom. The molecule has 0 spiro atoms. The van der Waals surface area contributed by atoms with Crippen molar-refractivity contribution in [1.29, 1.82) is 0 Å². The molecule has 0 aliphatic carbocycles. The lowest BCUT2D eigenvalue weighted by Gasteiger charge is -2.30. The molecule has 2 N–H and O–H groups in total. The van der Waals surface area contributed by atoms with E-state index >= 15 is 0 Å². The van der Waals surface area contributed by atoms with Crippen LogP contribution < -0.4 is 5.32 Å². The van der Waals surface area contributed by atoms with Crippen LogP contribution in [0.15, 0.2) is 6.20 Å². The van der Waals surface area contributed by atoms with E-state index < -0.39 is 0 Å². The molecule has 0 amide bonds. The molecule has 2 rings (SSSR count). The van der Waals surface area contributed by atoms with Gasteiger partial charge in [-0.15, -0.1) is 0 Å². The minimum atomic E-state index is 0.446. The SMILES string of the molecule is CC(C)NCc1cnc(C2CSCCN2C)[nH]1. The van der Waals surface area contributed by atoms with Gasteiger partial charge in [0.2, 0.25) is 0 Å². The van der Waals surface area contributed by atoms with Crippen LogP contribution in [0.5, 0.6) is 0 Å². The van der Waals surface area contributed by atoms with Crippen LogP contribution in [0.25, 0.3) is 0 Å². The topological polar surface area (TPSA) is 44.0 Å². The van der Waals surface area contributed by atoms with Crippen molar-refractivity contribution in [2.75, 3.05) is 25.1 Å². The zero-order valence-corrected chi connectivity index (χ0v) is 11.7. The molecule has 1 fully saturated rings. The van der Waals surface area contributed by atoms with Crippen LogP contribution in [-0.4, -0.2) is 46.0 Å². The number of H-pyrrole nitrogens is 1. The molecule has 0 bridgehead atoms. The number of aromatic nitrogens is 2. The molecule has 17 heavy (non-hydrogen) atoms. The maximum absolute atomic E-state index is 4.52. The van der Waals surface area contributed by atoms with Gasteiger partial charge in [0.25, 0.3) is 0 Å². The van der Waals surface area contributed by atoms with Gasteiger partial charge in [-0.2, -0.15) is 11.8 Å². The second kappa shape index (κ2) is 5.89. The second-order valence-corrected chi connectivity index (χ2v) is 6.05. The Labute approximate surface area is 108 Å². The maximum atomic E-state index is 4.52. The maximum Gasteiger partial charge on any atom is 0.124 e. The predicted molar refractivity (Wildman–Crippen MR) is 73.3 cm³/mol. The Balaban J connectivity index is 1.97. The summed E-state index contributed by atoms with van der Waals surface area (Å²) >= 11 is 2.01. The summed E-state index contributed by atoms with van der Waals surface area (Å²) < 4.78 is 0. The highest BCUT2D eigenvalue weighted by atomic mass is 32.2. The Hall–Kier alpha value is -0.520. The van der Waals surface area contributed by atoms with Crippen LogP contribution in [-0.2, 0) is 6.54 Å². The lowest BCUT2D eigenvalue weighted by Crippen LogP contribution is -2.33. The van der Waals surface area contributed by atoms with E-state index in [1.165, 1.54) is 11.4 Å². The molecule has 1 aromatic heterocycles. The number of imidazole rings is 1. The zero-order chi connectivity index (χ0) is 12.3. The largest absolute Gasteiger partial charge is 0.343 e. The fraction of sp³-hybridized carbons (Fsp3) is 0.750. The monoisotopic (exact) mass is 254 g/mol. The molecule has 4 nitrogen and oxygen atoms in total. The van der Waals surface area contributed by atoms with Gasteiger partial charge < -0.3 is 10.3 Å². The molecule has 0 radical (unpaired) electrons. The van der Waals surface area contributed by atoms with E-state index in [-0.39, 0.29) is 0 Å². The number of aromatic amines is 1. The number of thioether (sulfide) groups is 1. The van der Waals surface area contributed by atoms with Crippen LogP contribution >= 0.6 is 11.8 Å². The van der Waals surface area contributed by atoms with E-state index in [0.29, 0.717) is 12.1 Å².